The molecule has 1 rings (SSSR count). The van der Waals surface area contributed by atoms with Gasteiger partial charge in [-0.05, 0) is 36.9 Å². The van der Waals surface area contributed by atoms with Crippen molar-refractivity contribution in [1.82, 2.24) is 4.90 Å². The number of amides is 1. The molecule has 0 radical (unpaired) electrons. The zero-order valence-corrected chi connectivity index (χ0v) is 11.8. The van der Waals surface area contributed by atoms with Gasteiger partial charge in [-0.15, -0.1) is 0 Å². The molecule has 0 heterocycles. The Kier molecular flexibility index (Phi) is 5.73. The highest BCUT2D eigenvalue weighted by molar-refractivity contribution is 7.98. The molecule has 4 heteroatoms. The molecule has 0 saturated carbocycles. The second-order valence-corrected chi connectivity index (χ2v) is 5.03. The van der Waals surface area contributed by atoms with Gasteiger partial charge in [-0.25, -0.2) is 0 Å². The SMILES string of the molecule is CCC(CSC)N(C)C(=O)c1ccc(C#N)cc1. The van der Waals surface area contributed by atoms with Crippen molar-refractivity contribution in [2.45, 2.75) is 19.4 Å². The molecule has 1 aromatic rings. The Morgan fingerprint density at radius 3 is 2.50 bits per heavy atom. The average Bonchev–Trinajstić information content (AvgIpc) is 2.43. The van der Waals surface area contributed by atoms with E-state index in [2.05, 4.69) is 6.92 Å². The number of nitrogens with zero attached hydrogens (tertiary/aromatic N) is 2. The number of hydrogen-bond donors (Lipinski definition) is 0. The minimum absolute atomic E-state index is 0.0142. The monoisotopic (exact) mass is 262 g/mol. The van der Waals surface area contributed by atoms with Crippen LogP contribution in [0.25, 0.3) is 0 Å². The fraction of sp³-hybridized carbons (Fsp3) is 0.429. The summed E-state index contributed by atoms with van der Waals surface area (Å²) in [6.07, 6.45) is 2.99. The van der Waals surface area contributed by atoms with E-state index in [1.54, 1.807) is 40.9 Å². The first-order valence-electron chi connectivity index (χ1n) is 5.90. The lowest BCUT2D eigenvalue weighted by Crippen LogP contribution is -2.38. The van der Waals surface area contributed by atoms with Gasteiger partial charge in [0.15, 0.2) is 0 Å². The normalized spacial score (nSPS) is 11.7. The summed E-state index contributed by atoms with van der Waals surface area (Å²) < 4.78 is 0. The number of carbonyl (C=O) groups excluding carboxylic acids is 1. The van der Waals surface area contributed by atoms with Crippen LogP contribution in [0, 0.1) is 11.3 Å². The zero-order chi connectivity index (χ0) is 13.5. The Morgan fingerprint density at radius 2 is 2.06 bits per heavy atom. The molecule has 0 saturated heterocycles. The van der Waals surface area contributed by atoms with Crippen LogP contribution in [0.2, 0.25) is 0 Å². The molecule has 0 aliphatic heterocycles. The van der Waals surface area contributed by atoms with E-state index >= 15 is 0 Å². The summed E-state index contributed by atoms with van der Waals surface area (Å²) in [5.41, 5.74) is 1.21. The summed E-state index contributed by atoms with van der Waals surface area (Å²) in [6, 6.07) is 9.08. The predicted molar refractivity (Wildman–Crippen MR) is 75.7 cm³/mol. The van der Waals surface area contributed by atoms with Crippen LogP contribution in [0.1, 0.15) is 29.3 Å². The highest BCUT2D eigenvalue weighted by Gasteiger charge is 2.19. The van der Waals surface area contributed by atoms with Gasteiger partial charge >= 0.3 is 0 Å². The lowest BCUT2D eigenvalue weighted by Gasteiger charge is -2.26. The van der Waals surface area contributed by atoms with Gasteiger partial charge in [0.1, 0.15) is 0 Å². The molecule has 96 valence electrons. The molecule has 0 aliphatic rings. The van der Waals surface area contributed by atoms with Gasteiger partial charge in [0.2, 0.25) is 0 Å². The minimum atomic E-state index is 0.0142. The van der Waals surface area contributed by atoms with Crippen LogP contribution in [0.5, 0.6) is 0 Å². The predicted octanol–water partition coefficient (Wildman–Crippen LogP) is 2.77. The van der Waals surface area contributed by atoms with Crippen molar-refractivity contribution in [3.63, 3.8) is 0 Å². The first kappa shape index (κ1) is 14.6. The third kappa shape index (κ3) is 3.51. The molecule has 1 amide bonds. The van der Waals surface area contributed by atoms with Gasteiger partial charge in [-0.2, -0.15) is 17.0 Å². The maximum Gasteiger partial charge on any atom is 0.253 e. The van der Waals surface area contributed by atoms with E-state index in [-0.39, 0.29) is 11.9 Å². The standard InChI is InChI=1S/C14H18N2OS/c1-4-13(10-18-3)16(2)14(17)12-7-5-11(9-15)6-8-12/h5-8,13H,4,10H2,1-3H3. The molecule has 0 bridgehead atoms. The summed E-state index contributed by atoms with van der Waals surface area (Å²) in [5.74, 6) is 0.954. The van der Waals surface area contributed by atoms with E-state index in [4.69, 9.17) is 5.26 Å². The van der Waals surface area contributed by atoms with E-state index in [0.717, 1.165) is 12.2 Å². The van der Waals surface area contributed by atoms with E-state index in [0.29, 0.717) is 11.1 Å². The van der Waals surface area contributed by atoms with Crippen molar-refractivity contribution < 1.29 is 4.79 Å². The summed E-state index contributed by atoms with van der Waals surface area (Å²) in [7, 11) is 1.84. The highest BCUT2D eigenvalue weighted by Crippen LogP contribution is 2.13. The van der Waals surface area contributed by atoms with E-state index in [1.807, 2.05) is 19.4 Å². The summed E-state index contributed by atoms with van der Waals surface area (Å²) in [5, 5.41) is 8.72. The quantitative estimate of drug-likeness (QED) is 0.819. The number of carbonyl (C=O) groups is 1. The van der Waals surface area contributed by atoms with Crippen molar-refractivity contribution in [2.24, 2.45) is 0 Å². The number of thioether (sulfide) groups is 1. The van der Waals surface area contributed by atoms with Crippen LogP contribution in [-0.4, -0.2) is 35.9 Å². The number of rotatable bonds is 5. The Morgan fingerprint density at radius 1 is 1.44 bits per heavy atom. The third-order valence-electron chi connectivity index (χ3n) is 2.96. The maximum atomic E-state index is 12.3. The van der Waals surface area contributed by atoms with Crippen LogP contribution >= 0.6 is 11.8 Å². The first-order valence-corrected chi connectivity index (χ1v) is 7.29. The summed E-state index contributed by atoms with van der Waals surface area (Å²) in [6.45, 7) is 2.09. The molecule has 0 fully saturated rings. The second-order valence-electron chi connectivity index (χ2n) is 4.12. The van der Waals surface area contributed by atoms with Crippen LogP contribution in [-0.2, 0) is 0 Å². The Labute approximate surface area is 113 Å². The van der Waals surface area contributed by atoms with Crippen molar-refractivity contribution in [1.29, 1.82) is 5.26 Å². The highest BCUT2D eigenvalue weighted by atomic mass is 32.2. The summed E-state index contributed by atoms with van der Waals surface area (Å²) in [4.78, 5) is 14.0. The van der Waals surface area contributed by atoms with Gasteiger partial charge in [0.25, 0.3) is 5.91 Å². The van der Waals surface area contributed by atoms with Crippen molar-refractivity contribution in [3.8, 4) is 6.07 Å². The van der Waals surface area contributed by atoms with Crippen LogP contribution in [0.4, 0.5) is 0 Å². The van der Waals surface area contributed by atoms with Crippen LogP contribution in [0.15, 0.2) is 24.3 Å². The minimum Gasteiger partial charge on any atom is -0.338 e. The Bertz CT molecular complexity index is 436. The topological polar surface area (TPSA) is 44.1 Å². The second kappa shape index (κ2) is 7.07. The Hall–Kier alpha value is -1.47. The molecule has 1 atom stereocenters. The molecular formula is C14H18N2OS. The number of nitriles is 1. The van der Waals surface area contributed by atoms with E-state index < -0.39 is 0 Å². The molecular weight excluding hydrogens is 244 g/mol. The molecule has 0 N–H and O–H groups in total. The fourth-order valence-corrected chi connectivity index (χ4v) is 2.60. The maximum absolute atomic E-state index is 12.3. The fourth-order valence-electron chi connectivity index (χ4n) is 1.75. The smallest absolute Gasteiger partial charge is 0.253 e. The molecule has 1 unspecified atom stereocenters. The van der Waals surface area contributed by atoms with E-state index in [9.17, 15) is 4.79 Å². The van der Waals surface area contributed by atoms with Crippen LogP contribution in [0.3, 0.4) is 0 Å². The number of hydrogen-bond acceptors (Lipinski definition) is 3. The molecule has 0 aliphatic carbocycles. The third-order valence-corrected chi connectivity index (χ3v) is 3.68. The molecule has 18 heavy (non-hydrogen) atoms. The molecule has 3 nitrogen and oxygen atoms in total. The van der Waals surface area contributed by atoms with Crippen molar-refractivity contribution >= 4 is 17.7 Å². The van der Waals surface area contributed by atoms with Crippen molar-refractivity contribution in [3.05, 3.63) is 35.4 Å². The lowest BCUT2D eigenvalue weighted by atomic mass is 10.1. The van der Waals surface area contributed by atoms with Crippen LogP contribution < -0.4 is 0 Å². The first-order chi connectivity index (χ1) is 8.63. The molecule has 0 spiro atoms. The van der Waals surface area contributed by atoms with Crippen molar-refractivity contribution in [2.75, 3.05) is 19.1 Å². The number of benzene rings is 1. The Balaban J connectivity index is 2.82. The molecule has 0 aromatic heterocycles. The average molecular weight is 262 g/mol. The lowest BCUT2D eigenvalue weighted by molar-refractivity contribution is 0.0743. The largest absolute Gasteiger partial charge is 0.338 e. The van der Waals surface area contributed by atoms with Gasteiger partial charge in [-0.1, -0.05) is 6.92 Å². The van der Waals surface area contributed by atoms with E-state index in [1.165, 1.54) is 0 Å². The summed E-state index contributed by atoms with van der Waals surface area (Å²) >= 11 is 1.74. The molecule has 1 aromatic carbocycles. The van der Waals surface area contributed by atoms with Gasteiger partial charge < -0.3 is 4.90 Å². The van der Waals surface area contributed by atoms with Gasteiger partial charge in [0, 0.05) is 24.4 Å². The zero-order valence-electron chi connectivity index (χ0n) is 11.0. The van der Waals surface area contributed by atoms with Gasteiger partial charge in [-0.3, -0.25) is 4.79 Å². The van der Waals surface area contributed by atoms with Gasteiger partial charge in [0.05, 0.1) is 11.6 Å².